The van der Waals surface area contributed by atoms with Crippen LogP contribution in [0.3, 0.4) is 0 Å². The number of carbonyl (C=O) groups is 2. The van der Waals surface area contributed by atoms with Crippen molar-refractivity contribution < 1.29 is 27.9 Å². The largest absolute Gasteiger partial charge is 0.445 e. The Hall–Kier alpha value is -3.20. The Morgan fingerprint density at radius 2 is 1.73 bits per heavy atom. The molecule has 4 N–H and O–H groups in total. The summed E-state index contributed by atoms with van der Waals surface area (Å²) in [7, 11) is -3.75. The molecule has 0 aromatic heterocycles. The van der Waals surface area contributed by atoms with Crippen LogP contribution < -0.4 is 11.1 Å². The molecule has 2 aromatic rings. The number of ether oxygens (including phenoxy) is 1. The third-order valence-corrected chi connectivity index (χ3v) is 8.31. The average molecular weight is 531 g/mol. The number of amidine groups is 1. The molecule has 1 heterocycles. The molecule has 0 bridgehead atoms. The van der Waals surface area contributed by atoms with Gasteiger partial charge in [0.15, 0.2) is 0 Å². The van der Waals surface area contributed by atoms with Crippen LogP contribution in [0.25, 0.3) is 0 Å². The number of benzene rings is 2. The van der Waals surface area contributed by atoms with Gasteiger partial charge in [0, 0.05) is 18.5 Å². The van der Waals surface area contributed by atoms with Crippen molar-refractivity contribution in [2.45, 2.75) is 51.5 Å². The van der Waals surface area contributed by atoms with Gasteiger partial charge in [-0.2, -0.15) is 0 Å². The molecule has 0 spiro atoms. The highest BCUT2D eigenvalue weighted by Crippen LogP contribution is 2.53. The molecule has 200 valence electrons. The van der Waals surface area contributed by atoms with Gasteiger partial charge in [-0.05, 0) is 37.8 Å². The number of nitrogens with zero attached hydrogens (tertiary/aromatic N) is 1. The van der Waals surface area contributed by atoms with E-state index in [1.807, 2.05) is 30.3 Å². The van der Waals surface area contributed by atoms with Crippen LogP contribution in [-0.4, -0.2) is 54.3 Å². The lowest BCUT2D eigenvalue weighted by Gasteiger charge is -2.30. The second kappa shape index (κ2) is 13.4. The molecule has 10 nitrogen and oxygen atoms in total. The molecule has 37 heavy (non-hydrogen) atoms. The Morgan fingerprint density at radius 3 is 2.32 bits per heavy atom. The van der Waals surface area contributed by atoms with E-state index in [9.17, 15) is 14.2 Å². The molecule has 1 unspecified atom stereocenters. The molecule has 11 heteroatoms. The van der Waals surface area contributed by atoms with Gasteiger partial charge in [0.1, 0.15) is 24.3 Å². The quantitative estimate of drug-likeness (QED) is 0.214. The van der Waals surface area contributed by atoms with Gasteiger partial charge in [-0.1, -0.05) is 54.6 Å². The third-order valence-electron chi connectivity index (χ3n) is 6.00. The predicted octanol–water partition coefficient (Wildman–Crippen LogP) is 4.02. The summed E-state index contributed by atoms with van der Waals surface area (Å²) in [5, 5.41) is 10.4. The highest BCUT2D eigenvalue weighted by molar-refractivity contribution is 7.54. The van der Waals surface area contributed by atoms with E-state index >= 15 is 0 Å². The van der Waals surface area contributed by atoms with E-state index in [2.05, 4.69) is 5.32 Å². The lowest BCUT2D eigenvalue weighted by atomic mass is 10.1. The number of likely N-dealkylation sites (tertiary alicyclic amines) is 1. The van der Waals surface area contributed by atoms with Crippen LogP contribution in [0.1, 0.15) is 43.4 Å². The van der Waals surface area contributed by atoms with E-state index in [1.54, 1.807) is 38.1 Å². The first kappa shape index (κ1) is 28.4. The first-order chi connectivity index (χ1) is 17.8. The zero-order chi connectivity index (χ0) is 26.8. The number of hydrogen-bond acceptors (Lipinski definition) is 7. The number of nitrogens with two attached hydrogens (primary N) is 1. The summed E-state index contributed by atoms with van der Waals surface area (Å²) in [5.74, 6) is -1.49. The molecule has 3 rings (SSSR count). The maximum Gasteiger partial charge on any atom is 0.410 e. The van der Waals surface area contributed by atoms with E-state index < -0.39 is 31.4 Å². The van der Waals surface area contributed by atoms with Crippen LogP contribution >= 0.6 is 7.60 Å². The minimum absolute atomic E-state index is 0.0637. The lowest BCUT2D eigenvalue weighted by Crippen LogP contribution is -2.49. The van der Waals surface area contributed by atoms with Gasteiger partial charge in [-0.3, -0.25) is 19.7 Å². The molecule has 2 aromatic carbocycles. The van der Waals surface area contributed by atoms with Crippen LogP contribution in [0.15, 0.2) is 54.6 Å². The highest BCUT2D eigenvalue weighted by atomic mass is 31.2. The smallest absolute Gasteiger partial charge is 0.410 e. The maximum atomic E-state index is 13.7. The molecule has 2 atom stereocenters. The van der Waals surface area contributed by atoms with E-state index in [0.717, 1.165) is 11.1 Å². The fourth-order valence-electron chi connectivity index (χ4n) is 4.18. The summed E-state index contributed by atoms with van der Waals surface area (Å²) in [6.45, 7) is 4.16. The second-order valence-corrected chi connectivity index (χ2v) is 10.8. The average Bonchev–Trinajstić information content (AvgIpc) is 3.38. The summed E-state index contributed by atoms with van der Waals surface area (Å²) in [6, 6.07) is 15.4. The molecule has 1 fully saturated rings. The van der Waals surface area contributed by atoms with Gasteiger partial charge in [0.25, 0.3) is 0 Å². The topological polar surface area (TPSA) is 144 Å². The summed E-state index contributed by atoms with van der Waals surface area (Å²) in [4.78, 5) is 27.6. The molecular formula is C26H35N4O6P. The van der Waals surface area contributed by atoms with Crippen LogP contribution in [0.2, 0.25) is 0 Å². The SMILES string of the molecule is CCOP(=O)(OCC)C(Cc1ccc(C(=N)N)cc1)NC(=O)[C@H]1CCCN1C(=O)OCc1ccccc1. The standard InChI is InChI=1S/C26H35N4O6P/c1-3-35-37(33,36-4-2)23(17-19-12-14-21(15-13-19)24(27)28)29-25(31)22-11-8-16-30(22)26(32)34-18-20-9-6-5-7-10-20/h5-7,9-10,12-15,22-23H,3-4,8,11,16-18H2,1-2H3,(H3,27,28)(H,29,31)/t22-,23?/m1/s1. The van der Waals surface area contributed by atoms with Crippen LogP contribution in [0, 0.1) is 5.41 Å². The number of hydrogen-bond donors (Lipinski definition) is 3. The predicted molar refractivity (Wildman–Crippen MR) is 140 cm³/mol. The van der Waals surface area contributed by atoms with Gasteiger partial charge >= 0.3 is 13.7 Å². The zero-order valence-corrected chi connectivity index (χ0v) is 22.1. The summed E-state index contributed by atoms with van der Waals surface area (Å²) >= 11 is 0. The van der Waals surface area contributed by atoms with Crippen molar-refractivity contribution >= 4 is 25.4 Å². The van der Waals surface area contributed by atoms with E-state index in [0.29, 0.717) is 24.9 Å². The molecule has 0 saturated carbocycles. The van der Waals surface area contributed by atoms with Crippen molar-refractivity contribution in [3.63, 3.8) is 0 Å². The molecule has 1 aliphatic heterocycles. The molecule has 0 radical (unpaired) electrons. The number of nitrogens with one attached hydrogen (secondary N) is 2. The fourth-order valence-corrected chi connectivity index (χ4v) is 6.06. The minimum Gasteiger partial charge on any atom is -0.445 e. The van der Waals surface area contributed by atoms with Crippen molar-refractivity contribution in [2.24, 2.45) is 5.73 Å². The van der Waals surface area contributed by atoms with Crippen molar-refractivity contribution in [2.75, 3.05) is 19.8 Å². The summed E-state index contributed by atoms with van der Waals surface area (Å²) < 4.78 is 30.2. The number of amides is 2. The Bertz CT molecular complexity index is 1100. The van der Waals surface area contributed by atoms with Crippen molar-refractivity contribution in [3.05, 3.63) is 71.3 Å². The molecule has 1 aliphatic rings. The van der Waals surface area contributed by atoms with Crippen molar-refractivity contribution in [1.82, 2.24) is 10.2 Å². The molecular weight excluding hydrogens is 495 g/mol. The number of nitrogen functional groups attached to an aromatic ring is 1. The lowest BCUT2D eigenvalue weighted by molar-refractivity contribution is -0.125. The van der Waals surface area contributed by atoms with Gasteiger partial charge in [-0.15, -0.1) is 0 Å². The van der Waals surface area contributed by atoms with E-state index in [-0.39, 0.29) is 32.1 Å². The van der Waals surface area contributed by atoms with Gasteiger partial charge in [-0.25, -0.2) is 4.79 Å². The first-order valence-corrected chi connectivity index (χ1v) is 14.0. The van der Waals surface area contributed by atoms with Crippen LogP contribution in [0.5, 0.6) is 0 Å². The van der Waals surface area contributed by atoms with Gasteiger partial charge in [0.05, 0.1) is 13.2 Å². The number of carbonyl (C=O) groups excluding carboxylic acids is 2. The molecule has 1 saturated heterocycles. The van der Waals surface area contributed by atoms with Gasteiger partial charge in [0.2, 0.25) is 5.91 Å². The van der Waals surface area contributed by atoms with Crippen molar-refractivity contribution in [1.29, 1.82) is 5.41 Å². The molecule has 0 aliphatic carbocycles. The van der Waals surface area contributed by atoms with Gasteiger partial charge < -0.3 is 24.8 Å². The normalized spacial score (nSPS) is 16.3. The Morgan fingerprint density at radius 1 is 1.08 bits per heavy atom. The van der Waals surface area contributed by atoms with E-state index in [1.165, 1.54) is 4.90 Å². The maximum absolute atomic E-state index is 13.7. The Labute approximate surface area is 217 Å². The van der Waals surface area contributed by atoms with E-state index in [4.69, 9.17) is 24.9 Å². The highest BCUT2D eigenvalue weighted by Gasteiger charge is 2.41. The Kier molecular flexibility index (Phi) is 10.3. The minimum atomic E-state index is -3.75. The second-order valence-electron chi connectivity index (χ2n) is 8.61. The summed E-state index contributed by atoms with van der Waals surface area (Å²) in [6.07, 6.45) is 0.687. The first-order valence-electron chi connectivity index (χ1n) is 12.4. The van der Waals surface area contributed by atoms with Crippen LogP contribution in [-0.2, 0) is 36.2 Å². The summed E-state index contributed by atoms with van der Waals surface area (Å²) in [5.41, 5.74) is 7.69. The zero-order valence-electron chi connectivity index (χ0n) is 21.2. The third kappa shape index (κ3) is 7.64. The monoisotopic (exact) mass is 530 g/mol. The Balaban J connectivity index is 1.75. The fraction of sp³-hybridized carbons (Fsp3) is 0.423. The van der Waals surface area contributed by atoms with Crippen LogP contribution in [0.4, 0.5) is 4.79 Å². The molecule has 2 amide bonds. The number of rotatable bonds is 12. The van der Waals surface area contributed by atoms with Crippen molar-refractivity contribution in [3.8, 4) is 0 Å².